The van der Waals surface area contributed by atoms with Gasteiger partial charge < -0.3 is 21.3 Å². The molecule has 2 aromatic rings. The number of halogens is 1. The van der Waals surface area contributed by atoms with Crippen LogP contribution in [0.15, 0.2) is 64.6 Å². The number of aliphatic imine (C=N–C) groups is 1. The number of carbonyl (C=O) groups is 1. The van der Waals surface area contributed by atoms with E-state index in [1.54, 1.807) is 18.2 Å². The summed E-state index contributed by atoms with van der Waals surface area (Å²) in [7, 11) is 0. The van der Waals surface area contributed by atoms with Gasteiger partial charge in [0.1, 0.15) is 22.5 Å². The second kappa shape index (κ2) is 7.06. The van der Waals surface area contributed by atoms with Crippen molar-refractivity contribution < 1.29 is 4.79 Å². The first-order chi connectivity index (χ1) is 13.6. The van der Waals surface area contributed by atoms with E-state index in [4.69, 9.17) is 22.6 Å². The Morgan fingerprint density at radius 1 is 1.32 bits per heavy atom. The minimum atomic E-state index is -0.322. The van der Waals surface area contributed by atoms with Crippen LogP contribution >= 0.6 is 11.6 Å². The topological polar surface area (TPSA) is 119 Å². The van der Waals surface area contributed by atoms with Gasteiger partial charge >= 0.3 is 0 Å². The van der Waals surface area contributed by atoms with Gasteiger partial charge in [-0.1, -0.05) is 23.7 Å². The molecular weight excluding hydrogens is 378 g/mol. The monoisotopic (exact) mass is 391 g/mol. The van der Waals surface area contributed by atoms with Gasteiger partial charge in [-0.05, 0) is 29.8 Å². The van der Waals surface area contributed by atoms with Crippen molar-refractivity contribution in [3.8, 4) is 6.07 Å². The number of carbonyl (C=O) groups excluding carboxylic acids is 1. The standard InChI is InChI=1S/C19H14ClN7O/c20-14-9-24-18(22)17-16(25-10-27(14)17)12-1-3-13(4-2-12)19(28)26-15-7-11(8-21)5-6-23-15/h1-7,9,25H,10H2,(H2,22,24)(H,23,26,28). The number of benzene rings is 1. The summed E-state index contributed by atoms with van der Waals surface area (Å²) < 4.78 is 0. The number of nitrogens with two attached hydrogens (primary N) is 1. The van der Waals surface area contributed by atoms with E-state index >= 15 is 0 Å². The molecule has 0 saturated carbocycles. The normalized spacial score (nSPS) is 15.2. The zero-order chi connectivity index (χ0) is 19.7. The Morgan fingerprint density at radius 2 is 2.11 bits per heavy atom. The molecular formula is C19H14ClN7O. The lowest BCUT2D eigenvalue weighted by Crippen LogP contribution is -2.30. The SMILES string of the molecule is N#Cc1ccnc(NC(=O)c2ccc(C3=C4C(N)=NC=C(Cl)N4CN3)cc2)c1. The molecule has 2 aliphatic heterocycles. The quantitative estimate of drug-likeness (QED) is 0.689. The van der Waals surface area contributed by atoms with Gasteiger partial charge in [0.05, 0.1) is 30.2 Å². The predicted octanol–water partition coefficient (Wildman–Crippen LogP) is 2.15. The number of anilines is 1. The van der Waals surface area contributed by atoms with E-state index in [1.165, 1.54) is 18.5 Å². The van der Waals surface area contributed by atoms with Gasteiger partial charge in [0.15, 0.2) is 0 Å². The van der Waals surface area contributed by atoms with E-state index in [1.807, 2.05) is 23.1 Å². The van der Waals surface area contributed by atoms with Crippen molar-refractivity contribution in [1.29, 1.82) is 5.26 Å². The first-order valence-corrected chi connectivity index (χ1v) is 8.67. The molecule has 9 heteroatoms. The van der Waals surface area contributed by atoms with E-state index in [-0.39, 0.29) is 5.91 Å². The summed E-state index contributed by atoms with van der Waals surface area (Å²) in [5.41, 5.74) is 9.24. The number of hydrogen-bond donors (Lipinski definition) is 3. The molecule has 4 N–H and O–H groups in total. The number of fused-ring (bicyclic) bond motifs is 1. The fourth-order valence-electron chi connectivity index (χ4n) is 2.94. The molecule has 0 bridgehead atoms. The highest BCUT2D eigenvalue weighted by Gasteiger charge is 2.29. The fourth-order valence-corrected chi connectivity index (χ4v) is 3.14. The minimum absolute atomic E-state index is 0.318. The smallest absolute Gasteiger partial charge is 0.256 e. The van der Waals surface area contributed by atoms with Crippen molar-refractivity contribution in [3.05, 3.63) is 76.3 Å². The number of nitriles is 1. The third kappa shape index (κ3) is 3.15. The number of hydrogen-bond acceptors (Lipinski definition) is 7. The van der Waals surface area contributed by atoms with Gasteiger partial charge in [0, 0.05) is 11.8 Å². The molecule has 0 unspecified atom stereocenters. The molecule has 0 fully saturated rings. The number of aromatic nitrogens is 1. The van der Waals surface area contributed by atoms with Crippen LogP contribution in [0.4, 0.5) is 5.82 Å². The Labute approximate surface area is 165 Å². The van der Waals surface area contributed by atoms with Gasteiger partial charge in [0.2, 0.25) is 0 Å². The number of nitrogens with zero attached hydrogens (tertiary/aromatic N) is 4. The summed E-state index contributed by atoms with van der Waals surface area (Å²) >= 11 is 6.17. The number of nitrogens with one attached hydrogen (secondary N) is 2. The van der Waals surface area contributed by atoms with Gasteiger partial charge in [-0.15, -0.1) is 0 Å². The summed E-state index contributed by atoms with van der Waals surface area (Å²) in [5.74, 6) is 0.367. The Morgan fingerprint density at radius 3 is 2.86 bits per heavy atom. The average Bonchev–Trinajstić information content (AvgIpc) is 3.17. The summed E-state index contributed by atoms with van der Waals surface area (Å²) in [6, 6.07) is 12.1. The maximum Gasteiger partial charge on any atom is 0.256 e. The molecule has 28 heavy (non-hydrogen) atoms. The van der Waals surface area contributed by atoms with Crippen molar-refractivity contribution in [2.75, 3.05) is 12.0 Å². The zero-order valence-corrected chi connectivity index (χ0v) is 15.2. The van der Waals surface area contributed by atoms with Crippen LogP contribution in [0, 0.1) is 11.3 Å². The maximum atomic E-state index is 12.4. The second-order valence-corrected chi connectivity index (χ2v) is 6.41. The van der Waals surface area contributed by atoms with Crippen LogP contribution < -0.4 is 16.4 Å². The second-order valence-electron chi connectivity index (χ2n) is 6.03. The van der Waals surface area contributed by atoms with Crippen LogP contribution in [0.1, 0.15) is 21.5 Å². The molecule has 4 rings (SSSR count). The molecule has 138 valence electrons. The summed E-state index contributed by atoms with van der Waals surface area (Å²) in [6.07, 6.45) is 2.98. The largest absolute Gasteiger partial charge is 0.382 e. The van der Waals surface area contributed by atoms with Crippen molar-refractivity contribution in [2.45, 2.75) is 0 Å². The number of amidine groups is 1. The van der Waals surface area contributed by atoms with Crippen molar-refractivity contribution >= 4 is 34.9 Å². The Balaban J connectivity index is 1.56. The average molecular weight is 392 g/mol. The third-order valence-electron chi connectivity index (χ3n) is 4.30. The van der Waals surface area contributed by atoms with Crippen LogP contribution in [0.3, 0.4) is 0 Å². The molecule has 0 atom stereocenters. The summed E-state index contributed by atoms with van der Waals surface area (Å²) in [5, 5.41) is 15.3. The van der Waals surface area contributed by atoms with Crippen LogP contribution in [0.5, 0.6) is 0 Å². The highest BCUT2D eigenvalue weighted by molar-refractivity contribution is 6.30. The maximum absolute atomic E-state index is 12.4. The summed E-state index contributed by atoms with van der Waals surface area (Å²) in [6.45, 7) is 0.485. The van der Waals surface area contributed by atoms with Crippen molar-refractivity contribution in [2.24, 2.45) is 10.7 Å². The molecule has 0 spiro atoms. The summed E-state index contributed by atoms with van der Waals surface area (Å²) in [4.78, 5) is 22.4. The molecule has 1 aromatic heterocycles. The molecule has 0 saturated heterocycles. The Bertz CT molecular complexity index is 1100. The molecule has 1 aromatic carbocycles. The van der Waals surface area contributed by atoms with Crippen molar-refractivity contribution in [1.82, 2.24) is 15.2 Å². The lowest BCUT2D eigenvalue weighted by Gasteiger charge is -2.22. The zero-order valence-electron chi connectivity index (χ0n) is 14.5. The lowest BCUT2D eigenvalue weighted by molar-refractivity contribution is 0.102. The third-order valence-corrected chi connectivity index (χ3v) is 4.60. The van der Waals surface area contributed by atoms with Crippen LogP contribution in [0.2, 0.25) is 0 Å². The highest BCUT2D eigenvalue weighted by atomic mass is 35.5. The fraction of sp³-hybridized carbons (Fsp3) is 0.0526. The molecule has 2 aliphatic rings. The van der Waals surface area contributed by atoms with E-state index in [9.17, 15) is 4.79 Å². The lowest BCUT2D eigenvalue weighted by atomic mass is 10.1. The van der Waals surface area contributed by atoms with Crippen molar-refractivity contribution in [3.63, 3.8) is 0 Å². The van der Waals surface area contributed by atoms with Gasteiger partial charge in [-0.2, -0.15) is 5.26 Å². The van der Waals surface area contributed by atoms with Crippen LogP contribution in [-0.4, -0.2) is 28.3 Å². The van der Waals surface area contributed by atoms with Crippen LogP contribution in [0.25, 0.3) is 5.70 Å². The highest BCUT2D eigenvalue weighted by Crippen LogP contribution is 2.31. The first-order valence-electron chi connectivity index (χ1n) is 8.30. The van der Waals surface area contributed by atoms with E-state index < -0.39 is 0 Å². The predicted molar refractivity (Wildman–Crippen MR) is 106 cm³/mol. The van der Waals surface area contributed by atoms with Crippen LogP contribution in [-0.2, 0) is 0 Å². The van der Waals surface area contributed by atoms with E-state index in [2.05, 4.69) is 20.6 Å². The van der Waals surface area contributed by atoms with Gasteiger partial charge in [-0.25, -0.2) is 9.98 Å². The molecule has 8 nitrogen and oxygen atoms in total. The molecule has 3 heterocycles. The molecule has 0 radical (unpaired) electrons. The van der Waals surface area contributed by atoms with E-state index in [0.29, 0.717) is 40.3 Å². The number of amides is 1. The Hall–Kier alpha value is -3.83. The molecule has 0 aliphatic carbocycles. The number of pyridine rings is 1. The minimum Gasteiger partial charge on any atom is -0.382 e. The van der Waals surface area contributed by atoms with E-state index in [0.717, 1.165) is 11.3 Å². The number of rotatable bonds is 3. The Kier molecular flexibility index (Phi) is 4.43. The van der Waals surface area contributed by atoms with Gasteiger partial charge in [-0.3, -0.25) is 4.79 Å². The molecule has 1 amide bonds. The first kappa shape index (κ1) is 17.6. The van der Waals surface area contributed by atoms with Gasteiger partial charge in [0.25, 0.3) is 5.91 Å².